The minimum atomic E-state index is -5.77. The molecule has 0 spiro atoms. The number of nitrogens with one attached hydrogen (secondary N) is 2. The average Bonchev–Trinajstić information content (AvgIpc) is 3.14. The number of aromatic nitrogens is 3. The van der Waals surface area contributed by atoms with Gasteiger partial charge in [-0.15, -0.1) is 0 Å². The molecule has 4 heterocycles. The number of alkyl halides is 6. The molecule has 21 heteroatoms. The van der Waals surface area contributed by atoms with E-state index in [9.17, 15) is 54.3 Å². The number of carbonyl (C=O) groups is 4. The minimum absolute atomic E-state index is 0.192. The number of rotatable bonds is 5. The number of hydrogen-bond donors (Lipinski definition) is 2. The summed E-state index contributed by atoms with van der Waals surface area (Å²) in [6.07, 6.45) is -5.27. The van der Waals surface area contributed by atoms with Gasteiger partial charge in [-0.1, -0.05) is 11.6 Å². The number of aryl methyl sites for hydroxylation is 2. The molecule has 2 aromatic carbocycles. The number of anilines is 4. The van der Waals surface area contributed by atoms with Crippen molar-refractivity contribution in [1.82, 2.24) is 24.8 Å². The highest BCUT2D eigenvalue weighted by molar-refractivity contribution is 6.41. The smallest absolute Gasteiger partial charge is 0.458 e. The van der Waals surface area contributed by atoms with Gasteiger partial charge in [0.15, 0.2) is 12.4 Å². The van der Waals surface area contributed by atoms with Crippen LogP contribution in [0.4, 0.5) is 58.3 Å². The van der Waals surface area contributed by atoms with Gasteiger partial charge in [0.2, 0.25) is 5.95 Å². The molecule has 0 saturated carbocycles. The molecule has 2 aliphatic rings. The van der Waals surface area contributed by atoms with E-state index in [2.05, 4.69) is 25.6 Å². The third-order valence-electron chi connectivity index (χ3n) is 7.95. The lowest BCUT2D eigenvalue weighted by molar-refractivity contribution is -0.193. The third kappa shape index (κ3) is 10.4. The highest BCUT2D eigenvalue weighted by Crippen LogP contribution is 2.30. The van der Waals surface area contributed by atoms with Gasteiger partial charge in [0.05, 0.1) is 23.6 Å². The fourth-order valence-electron chi connectivity index (χ4n) is 5.23. The van der Waals surface area contributed by atoms with E-state index in [1.165, 1.54) is 11.1 Å². The van der Waals surface area contributed by atoms with Crippen LogP contribution >= 0.6 is 11.6 Å². The summed E-state index contributed by atoms with van der Waals surface area (Å²) >= 11 is 6.35. The van der Waals surface area contributed by atoms with E-state index in [-0.39, 0.29) is 44.3 Å². The molecule has 0 aliphatic carbocycles. The molecule has 4 aromatic rings. The Morgan fingerprint density at radius 2 is 1.45 bits per heavy atom. The summed E-state index contributed by atoms with van der Waals surface area (Å²) in [6, 6.07) is 10.4. The van der Waals surface area contributed by atoms with Gasteiger partial charge in [-0.05, 0) is 60.4 Å². The number of halogens is 9. The second kappa shape index (κ2) is 16.6. The highest BCUT2D eigenvalue weighted by Gasteiger charge is 2.54. The molecule has 1 fully saturated rings. The minimum Gasteiger partial charge on any atom is -0.483 e. The van der Waals surface area contributed by atoms with E-state index < -0.39 is 41.5 Å². The highest BCUT2D eigenvalue weighted by atomic mass is 35.5. The number of nitrogens with zero attached hydrogens (tertiary/aromatic N) is 5. The second-order valence-corrected chi connectivity index (χ2v) is 12.2. The number of hydrogen-bond acceptors (Lipinski definition) is 10. The first-order valence-corrected chi connectivity index (χ1v) is 16.3. The van der Waals surface area contributed by atoms with Crippen molar-refractivity contribution in [1.29, 1.82) is 0 Å². The van der Waals surface area contributed by atoms with Crippen molar-refractivity contribution in [2.24, 2.45) is 0 Å². The van der Waals surface area contributed by atoms with Crippen LogP contribution < -0.4 is 15.4 Å². The molecule has 2 aliphatic heterocycles. The maximum Gasteiger partial charge on any atom is 0.458 e. The van der Waals surface area contributed by atoms with Gasteiger partial charge in [-0.3, -0.25) is 24.2 Å². The third-order valence-corrected chi connectivity index (χ3v) is 8.23. The van der Waals surface area contributed by atoms with Crippen molar-refractivity contribution in [3.8, 4) is 5.75 Å². The van der Waals surface area contributed by atoms with Crippen molar-refractivity contribution in [3.63, 3.8) is 0 Å². The van der Waals surface area contributed by atoms with Gasteiger partial charge >= 0.3 is 23.9 Å². The number of amides is 2. The lowest BCUT2D eigenvalue weighted by Crippen LogP contribution is -2.51. The fraction of sp³-hybridized carbons (Fsp3) is 0.265. The molecular formula is C34H26ClF8N7O5. The molecule has 2 N–H and O–H groups in total. The normalized spacial score (nSPS) is 14.1. The van der Waals surface area contributed by atoms with E-state index in [4.69, 9.17) is 16.3 Å². The Hall–Kier alpha value is -5.92. The summed E-state index contributed by atoms with van der Waals surface area (Å²) in [6.45, 7) is 0.796. The van der Waals surface area contributed by atoms with Gasteiger partial charge in [0.1, 0.15) is 22.4 Å². The van der Waals surface area contributed by atoms with Gasteiger partial charge in [-0.2, -0.15) is 31.3 Å². The standard InChI is InChI=1S/C30H26ClF2N7O3.C4F6O2/c31-24-16-35-30-37-22-11-18(14-34-15-22)1-2-19-12-21(36-28(24)38-30)4-6-26(19)43-17-27(41)39-7-9-40(10-8-39)29(42)23-5-3-20(32)13-25(23)33;5-3(6,7)1(11)2(12)4(8,9)10/h3-6,11-16H,1-2,7-10,17H2,(H2,35,36,37,38);. The molecule has 0 unspecified atom stereocenters. The fourth-order valence-corrected chi connectivity index (χ4v) is 5.36. The number of carbonyl (C=O) groups excluding carboxylic acids is 4. The predicted octanol–water partition coefficient (Wildman–Crippen LogP) is 6.00. The van der Waals surface area contributed by atoms with Crippen LogP contribution in [-0.2, 0) is 27.2 Å². The lowest BCUT2D eigenvalue weighted by Gasteiger charge is -2.34. The molecule has 6 rings (SSSR count). The van der Waals surface area contributed by atoms with Crippen LogP contribution in [-0.4, -0.2) is 93.3 Å². The number of benzene rings is 2. The molecule has 1 saturated heterocycles. The SMILES string of the molecule is O=C(C(=O)C(F)(F)F)C(F)(F)F.O=C(COc1ccc2cc1CCc1cncc(c1)Nc1ncc(Cl)c(n1)N2)N1CCN(C(=O)c2ccc(F)cc2F)CC1. The summed E-state index contributed by atoms with van der Waals surface area (Å²) in [4.78, 5) is 61.1. The van der Waals surface area contributed by atoms with Crippen LogP contribution in [0, 0.1) is 11.6 Å². The zero-order valence-electron chi connectivity index (χ0n) is 27.9. The maximum atomic E-state index is 14.1. The van der Waals surface area contributed by atoms with Crippen LogP contribution in [0.15, 0.2) is 61.1 Å². The first-order chi connectivity index (χ1) is 25.9. The molecule has 12 nitrogen and oxygen atoms in total. The number of fused-ring (bicyclic) bond motifs is 6. The van der Waals surface area contributed by atoms with Crippen LogP contribution in [0.3, 0.4) is 0 Å². The van der Waals surface area contributed by atoms with E-state index in [0.717, 1.165) is 34.6 Å². The summed E-state index contributed by atoms with van der Waals surface area (Å²) in [5.74, 6) is -7.88. The van der Waals surface area contributed by atoms with E-state index in [1.807, 2.05) is 18.2 Å². The maximum absolute atomic E-state index is 14.1. The van der Waals surface area contributed by atoms with Crippen molar-refractivity contribution in [3.05, 3.63) is 94.4 Å². The monoisotopic (exact) mass is 799 g/mol. The Labute approximate surface area is 310 Å². The Morgan fingerprint density at radius 1 is 0.782 bits per heavy atom. The quantitative estimate of drug-likeness (QED) is 0.182. The van der Waals surface area contributed by atoms with Crippen molar-refractivity contribution >= 4 is 58.1 Å². The first kappa shape index (κ1) is 40.3. The molecule has 55 heavy (non-hydrogen) atoms. The molecular weight excluding hydrogens is 774 g/mol. The van der Waals surface area contributed by atoms with Crippen LogP contribution in [0.1, 0.15) is 21.5 Å². The number of pyridine rings is 1. The summed E-state index contributed by atoms with van der Waals surface area (Å²) in [5, 5.41) is 6.73. The van der Waals surface area contributed by atoms with Gasteiger partial charge in [0, 0.05) is 44.1 Å². The summed E-state index contributed by atoms with van der Waals surface area (Å²) in [7, 11) is 0. The summed E-state index contributed by atoms with van der Waals surface area (Å²) in [5.41, 5.74) is 3.15. The Morgan fingerprint density at radius 3 is 2.11 bits per heavy atom. The Balaban J connectivity index is 0.000000418. The van der Waals surface area contributed by atoms with Gasteiger partial charge in [0.25, 0.3) is 11.8 Å². The molecule has 6 bridgehead atoms. The predicted molar refractivity (Wildman–Crippen MR) is 178 cm³/mol. The molecule has 0 atom stereocenters. The number of ketones is 2. The molecule has 2 aromatic heterocycles. The van der Waals surface area contributed by atoms with Crippen LogP contribution in [0.2, 0.25) is 5.02 Å². The largest absolute Gasteiger partial charge is 0.483 e. The number of ether oxygens (including phenoxy) is 1. The lowest BCUT2D eigenvalue weighted by atomic mass is 10.0. The summed E-state index contributed by atoms with van der Waals surface area (Å²) < 4.78 is 100. The molecule has 0 radical (unpaired) electrons. The molecule has 290 valence electrons. The van der Waals surface area contributed by atoms with E-state index >= 15 is 0 Å². The first-order valence-electron chi connectivity index (χ1n) is 15.9. The second-order valence-electron chi connectivity index (χ2n) is 11.8. The van der Waals surface area contributed by atoms with Crippen LogP contribution in [0.5, 0.6) is 5.75 Å². The van der Waals surface area contributed by atoms with Crippen molar-refractivity contribution < 1.29 is 59.0 Å². The van der Waals surface area contributed by atoms with Crippen molar-refractivity contribution in [2.45, 2.75) is 25.2 Å². The van der Waals surface area contributed by atoms with Crippen LogP contribution in [0.25, 0.3) is 0 Å². The Kier molecular flexibility index (Phi) is 12.2. The molecule has 2 amide bonds. The topological polar surface area (TPSA) is 147 Å². The van der Waals surface area contributed by atoms with Crippen molar-refractivity contribution in [2.75, 3.05) is 43.4 Å². The average molecular weight is 800 g/mol. The zero-order valence-corrected chi connectivity index (χ0v) is 28.7. The number of Topliss-reactive ketones (excluding diaryl/α,β-unsaturated/α-hetero) is 2. The Bertz CT molecular complexity index is 2090. The van der Waals surface area contributed by atoms with Gasteiger partial charge < -0.3 is 25.2 Å². The van der Waals surface area contributed by atoms with E-state index in [1.54, 1.807) is 23.4 Å². The van der Waals surface area contributed by atoms with E-state index in [0.29, 0.717) is 41.4 Å². The number of piperazine rings is 1. The van der Waals surface area contributed by atoms with Gasteiger partial charge in [-0.25, -0.2) is 13.8 Å². The zero-order chi connectivity index (χ0) is 40.1.